The highest BCUT2D eigenvalue weighted by Crippen LogP contribution is 2.17. The van der Waals surface area contributed by atoms with Gasteiger partial charge in [0.2, 0.25) is 0 Å². The number of rotatable bonds is 10. The lowest BCUT2D eigenvalue weighted by Crippen LogP contribution is -2.25. The van der Waals surface area contributed by atoms with Crippen LogP contribution in [0.15, 0.2) is 0 Å². The summed E-state index contributed by atoms with van der Waals surface area (Å²) in [6.45, 7) is 8.13. The Morgan fingerprint density at radius 1 is 1.00 bits per heavy atom. The average Bonchev–Trinajstić information content (AvgIpc) is 2.26. The lowest BCUT2D eigenvalue weighted by molar-refractivity contribution is -0.326. The van der Waals surface area contributed by atoms with Gasteiger partial charge in [-0.05, 0) is 26.7 Å². The van der Waals surface area contributed by atoms with Gasteiger partial charge in [0.25, 0.3) is 0 Å². The minimum Gasteiger partial charge on any atom is -0.298 e. The third kappa shape index (κ3) is 10.3. The molecule has 0 bridgehead atoms. The molecule has 3 nitrogen and oxygen atoms in total. The Morgan fingerprint density at radius 2 is 1.65 bits per heavy atom. The Labute approximate surface area is 106 Å². The molecule has 0 amide bonds. The van der Waals surface area contributed by atoms with Gasteiger partial charge in [-0.25, -0.2) is 4.79 Å². The van der Waals surface area contributed by atoms with Crippen LogP contribution in [-0.4, -0.2) is 11.6 Å². The minimum absolute atomic E-state index is 0.245. The van der Waals surface area contributed by atoms with E-state index in [-0.39, 0.29) is 11.6 Å². The van der Waals surface area contributed by atoms with E-state index in [4.69, 9.17) is 9.78 Å². The highest BCUT2D eigenvalue weighted by Gasteiger charge is 2.20. The molecule has 0 aromatic rings. The predicted octanol–water partition coefficient (Wildman–Crippen LogP) is 4.40. The molecular weight excluding hydrogens is 216 g/mol. The molecule has 0 spiro atoms. The molecule has 0 fully saturated rings. The van der Waals surface area contributed by atoms with E-state index in [1.807, 2.05) is 13.8 Å². The van der Waals surface area contributed by atoms with Crippen molar-refractivity contribution in [1.82, 2.24) is 0 Å². The summed E-state index contributed by atoms with van der Waals surface area (Å²) in [5.74, 6) is -0.245. The first-order valence-electron chi connectivity index (χ1n) is 6.90. The van der Waals surface area contributed by atoms with Gasteiger partial charge in [0.15, 0.2) is 0 Å². The number of unbranched alkanes of at least 4 members (excludes halogenated alkanes) is 4. The summed E-state index contributed by atoms with van der Waals surface area (Å²) in [6, 6.07) is 0. The molecule has 0 saturated carbocycles. The molecule has 0 aliphatic rings. The first-order chi connectivity index (χ1) is 8.02. The topological polar surface area (TPSA) is 35.5 Å². The molecule has 0 atom stereocenters. The highest BCUT2D eigenvalue weighted by atomic mass is 17.2. The molecule has 3 heteroatoms. The van der Waals surface area contributed by atoms with Crippen LogP contribution in [0.4, 0.5) is 0 Å². The van der Waals surface area contributed by atoms with Crippen LogP contribution < -0.4 is 0 Å². The van der Waals surface area contributed by atoms with Crippen molar-refractivity contribution in [2.45, 2.75) is 84.7 Å². The van der Waals surface area contributed by atoms with Gasteiger partial charge < -0.3 is 0 Å². The zero-order valence-electron chi connectivity index (χ0n) is 11.9. The normalized spacial score (nSPS) is 11.5. The minimum atomic E-state index is -0.368. The van der Waals surface area contributed by atoms with Gasteiger partial charge in [-0.15, -0.1) is 0 Å². The van der Waals surface area contributed by atoms with Crippen molar-refractivity contribution in [3.8, 4) is 0 Å². The van der Waals surface area contributed by atoms with Crippen molar-refractivity contribution in [2.24, 2.45) is 0 Å². The third-order valence-electron chi connectivity index (χ3n) is 2.70. The molecule has 0 heterocycles. The van der Waals surface area contributed by atoms with Crippen molar-refractivity contribution in [2.75, 3.05) is 0 Å². The van der Waals surface area contributed by atoms with E-state index < -0.39 is 0 Å². The number of hydrogen-bond acceptors (Lipinski definition) is 3. The Kier molecular flexibility index (Phi) is 9.14. The summed E-state index contributed by atoms with van der Waals surface area (Å²) in [4.78, 5) is 21.4. The van der Waals surface area contributed by atoms with Crippen molar-refractivity contribution in [3.05, 3.63) is 0 Å². The van der Waals surface area contributed by atoms with Crippen LogP contribution in [0.25, 0.3) is 0 Å². The van der Waals surface area contributed by atoms with E-state index in [9.17, 15) is 4.79 Å². The van der Waals surface area contributed by atoms with Crippen molar-refractivity contribution >= 4 is 5.97 Å². The fourth-order valence-corrected chi connectivity index (χ4v) is 1.72. The SMILES string of the molecule is CCCCCCCC(=O)OOC(C)(C)CCC. The summed E-state index contributed by atoms with van der Waals surface area (Å²) >= 11 is 0. The zero-order valence-corrected chi connectivity index (χ0v) is 11.9. The Balaban J connectivity index is 3.52. The first-order valence-corrected chi connectivity index (χ1v) is 6.90. The molecule has 0 rings (SSSR count). The molecule has 0 radical (unpaired) electrons. The van der Waals surface area contributed by atoms with Gasteiger partial charge in [-0.1, -0.05) is 46.0 Å². The smallest absolute Gasteiger partial charge is 0.298 e. The fraction of sp³-hybridized carbons (Fsp3) is 0.929. The van der Waals surface area contributed by atoms with E-state index in [0.717, 1.165) is 25.7 Å². The van der Waals surface area contributed by atoms with Crippen LogP contribution in [0, 0.1) is 0 Å². The largest absolute Gasteiger partial charge is 0.342 e. The lowest BCUT2D eigenvalue weighted by Gasteiger charge is -2.21. The molecule has 17 heavy (non-hydrogen) atoms. The summed E-state index contributed by atoms with van der Waals surface area (Å²) in [7, 11) is 0. The quantitative estimate of drug-likeness (QED) is 0.324. The zero-order chi connectivity index (χ0) is 13.1. The number of carbonyl (C=O) groups is 1. The van der Waals surface area contributed by atoms with Gasteiger partial charge in [0, 0.05) is 6.42 Å². The lowest BCUT2D eigenvalue weighted by atomic mass is 10.0. The van der Waals surface area contributed by atoms with E-state index in [1.165, 1.54) is 19.3 Å². The summed E-state index contributed by atoms with van der Waals surface area (Å²) in [5, 5.41) is 0. The second kappa shape index (κ2) is 9.46. The van der Waals surface area contributed by atoms with Gasteiger partial charge in [0.05, 0.1) is 0 Å². The van der Waals surface area contributed by atoms with Crippen molar-refractivity contribution in [1.29, 1.82) is 0 Å². The monoisotopic (exact) mass is 244 g/mol. The molecule has 0 aromatic heterocycles. The summed E-state index contributed by atoms with van der Waals surface area (Å²) in [6.07, 6.45) is 8.03. The van der Waals surface area contributed by atoms with Gasteiger partial charge >= 0.3 is 5.97 Å². The van der Waals surface area contributed by atoms with Crippen LogP contribution in [0.3, 0.4) is 0 Å². The first kappa shape index (κ1) is 16.4. The highest BCUT2D eigenvalue weighted by molar-refractivity contribution is 5.68. The Morgan fingerprint density at radius 3 is 2.24 bits per heavy atom. The molecule has 0 aliphatic carbocycles. The maximum absolute atomic E-state index is 11.4. The standard InChI is InChI=1S/C14H28O3/c1-5-7-8-9-10-11-13(15)16-17-14(3,4)12-6-2/h5-12H2,1-4H3. The van der Waals surface area contributed by atoms with Gasteiger partial charge in [-0.2, -0.15) is 4.89 Å². The summed E-state index contributed by atoms with van der Waals surface area (Å²) < 4.78 is 0. The predicted molar refractivity (Wildman–Crippen MR) is 69.5 cm³/mol. The maximum atomic E-state index is 11.4. The third-order valence-corrected chi connectivity index (χ3v) is 2.70. The van der Waals surface area contributed by atoms with Crippen LogP contribution in [0.1, 0.15) is 79.1 Å². The molecule has 0 aliphatic heterocycles. The van der Waals surface area contributed by atoms with Gasteiger partial charge in [0.1, 0.15) is 5.60 Å². The number of carbonyl (C=O) groups excluding carboxylic acids is 1. The van der Waals surface area contributed by atoms with Crippen LogP contribution >= 0.6 is 0 Å². The van der Waals surface area contributed by atoms with E-state index in [1.54, 1.807) is 0 Å². The molecule has 0 saturated heterocycles. The average molecular weight is 244 g/mol. The van der Waals surface area contributed by atoms with Gasteiger partial charge in [-0.3, -0.25) is 4.89 Å². The van der Waals surface area contributed by atoms with E-state index >= 15 is 0 Å². The number of hydrogen-bond donors (Lipinski definition) is 0. The summed E-state index contributed by atoms with van der Waals surface area (Å²) in [5.41, 5.74) is -0.368. The molecule has 0 aromatic carbocycles. The second-order valence-corrected chi connectivity index (χ2v) is 5.21. The van der Waals surface area contributed by atoms with E-state index in [2.05, 4.69) is 13.8 Å². The maximum Gasteiger partial charge on any atom is 0.342 e. The Bertz CT molecular complexity index is 200. The Hall–Kier alpha value is -0.570. The van der Waals surface area contributed by atoms with E-state index in [0.29, 0.717) is 6.42 Å². The van der Waals surface area contributed by atoms with Crippen LogP contribution in [0.5, 0.6) is 0 Å². The molecule has 102 valence electrons. The van der Waals surface area contributed by atoms with Crippen LogP contribution in [0.2, 0.25) is 0 Å². The van der Waals surface area contributed by atoms with Crippen molar-refractivity contribution in [3.63, 3.8) is 0 Å². The molecule has 0 N–H and O–H groups in total. The van der Waals surface area contributed by atoms with Crippen molar-refractivity contribution < 1.29 is 14.6 Å². The van der Waals surface area contributed by atoms with Crippen LogP contribution in [-0.2, 0) is 14.6 Å². The molecule has 0 unspecified atom stereocenters. The second-order valence-electron chi connectivity index (χ2n) is 5.21. The fourth-order valence-electron chi connectivity index (χ4n) is 1.72. The molecular formula is C14H28O3.